The number of nitrogens with one attached hydrogen (secondary N) is 1. The summed E-state index contributed by atoms with van der Waals surface area (Å²) in [5, 5.41) is 22.8. The molecule has 32 heavy (non-hydrogen) atoms. The summed E-state index contributed by atoms with van der Waals surface area (Å²) in [6, 6.07) is 12.1. The van der Waals surface area contributed by atoms with Crippen molar-refractivity contribution >= 4 is 29.1 Å². The number of amides is 1. The van der Waals surface area contributed by atoms with Gasteiger partial charge in [0.15, 0.2) is 0 Å². The molecule has 0 aliphatic carbocycles. The molecule has 1 unspecified atom stereocenters. The third kappa shape index (κ3) is 5.98. The van der Waals surface area contributed by atoms with Gasteiger partial charge in [0.1, 0.15) is 11.9 Å². The highest BCUT2D eigenvalue weighted by Gasteiger charge is 2.21. The van der Waals surface area contributed by atoms with Crippen LogP contribution in [0.3, 0.4) is 0 Å². The zero-order valence-corrected chi connectivity index (χ0v) is 18.1. The van der Waals surface area contributed by atoms with E-state index in [0.717, 1.165) is 0 Å². The Bertz CT molecular complexity index is 1050. The molecule has 3 aromatic rings. The molecule has 0 saturated heterocycles. The third-order valence-electron chi connectivity index (χ3n) is 4.58. The maximum Gasteiger partial charge on any atom is 0.269 e. The first kappa shape index (κ1) is 23.6. The summed E-state index contributed by atoms with van der Waals surface area (Å²) in [6.45, 7) is 0.625. The first-order valence-electron chi connectivity index (χ1n) is 10.1. The molecule has 3 rings (SSSR count). The Morgan fingerprint density at radius 1 is 1.19 bits per heavy atom. The molecule has 168 valence electrons. The Labute approximate surface area is 190 Å². The highest BCUT2D eigenvalue weighted by Crippen LogP contribution is 2.29. The first-order valence-corrected chi connectivity index (χ1v) is 10.5. The fraction of sp³-hybridized carbons (Fsp3) is 0.273. The Balaban J connectivity index is 1.94. The minimum absolute atomic E-state index is 0.00338. The van der Waals surface area contributed by atoms with Crippen molar-refractivity contribution in [2.45, 2.75) is 19.1 Å². The monoisotopic (exact) mass is 456 g/mol. The van der Waals surface area contributed by atoms with Crippen molar-refractivity contribution in [2.24, 2.45) is 5.73 Å². The lowest BCUT2D eigenvalue weighted by molar-refractivity contribution is 0.0946. The fourth-order valence-electron chi connectivity index (χ4n) is 3.04. The Kier molecular flexibility index (Phi) is 8.46. The second-order valence-corrected chi connectivity index (χ2v) is 7.35. The van der Waals surface area contributed by atoms with Gasteiger partial charge in [-0.05, 0) is 49.4 Å². The smallest absolute Gasteiger partial charge is 0.269 e. The first-order chi connectivity index (χ1) is 15.5. The molecule has 1 amide bonds. The molecule has 2 aromatic heterocycles. The Morgan fingerprint density at radius 2 is 2.00 bits per heavy atom. The van der Waals surface area contributed by atoms with Crippen LogP contribution in [0, 0.1) is 0 Å². The van der Waals surface area contributed by atoms with Gasteiger partial charge in [0, 0.05) is 48.2 Å². The van der Waals surface area contributed by atoms with Crippen LogP contribution in [0.25, 0.3) is 11.3 Å². The van der Waals surface area contributed by atoms with Crippen LogP contribution in [0.1, 0.15) is 23.3 Å². The van der Waals surface area contributed by atoms with Gasteiger partial charge < -0.3 is 21.3 Å². The van der Waals surface area contributed by atoms with Crippen LogP contribution in [-0.2, 0) is 0 Å². The number of nitrogens with zero attached hydrogens (tertiary/aromatic N) is 4. The number of hydrogen-bond acceptors (Lipinski definition) is 8. The van der Waals surface area contributed by atoms with Crippen molar-refractivity contribution < 1.29 is 15.0 Å². The standard InChI is InChI=1S/C22H25ClN6O3/c23-16-3-1-4-17(14-16)29(20(31)5-8-24)22-27-11-7-18(28-22)15-6-10-25-19(13-15)21(32)26-9-2-12-30/h1,3-4,6-7,10-11,13-14,20,30-31H,2,5,8-9,12,24H2,(H,26,32). The zero-order chi connectivity index (χ0) is 22.9. The molecular formula is C22H25ClN6O3. The number of aliphatic hydroxyl groups excluding tert-OH is 2. The molecule has 10 heteroatoms. The summed E-state index contributed by atoms with van der Waals surface area (Å²) < 4.78 is 0. The average molecular weight is 457 g/mol. The largest absolute Gasteiger partial charge is 0.396 e. The predicted molar refractivity (Wildman–Crippen MR) is 123 cm³/mol. The molecule has 0 bridgehead atoms. The minimum atomic E-state index is -0.959. The lowest BCUT2D eigenvalue weighted by Crippen LogP contribution is -2.34. The number of rotatable bonds is 10. The van der Waals surface area contributed by atoms with Gasteiger partial charge in [0.25, 0.3) is 5.91 Å². The quantitative estimate of drug-likeness (QED) is 0.269. The van der Waals surface area contributed by atoms with Crippen LogP contribution in [0.4, 0.5) is 11.6 Å². The van der Waals surface area contributed by atoms with Crippen molar-refractivity contribution in [3.05, 3.63) is 65.6 Å². The summed E-state index contributed by atoms with van der Waals surface area (Å²) in [5.41, 5.74) is 7.71. The topological polar surface area (TPSA) is 137 Å². The number of aromatic nitrogens is 3. The summed E-state index contributed by atoms with van der Waals surface area (Å²) in [4.78, 5) is 26.9. The fourth-order valence-corrected chi connectivity index (χ4v) is 3.22. The highest BCUT2D eigenvalue weighted by atomic mass is 35.5. The van der Waals surface area contributed by atoms with Crippen LogP contribution in [0.15, 0.2) is 54.9 Å². The second-order valence-electron chi connectivity index (χ2n) is 6.91. The number of carbonyl (C=O) groups excluding carboxylic acids is 1. The number of benzene rings is 1. The van der Waals surface area contributed by atoms with E-state index in [4.69, 9.17) is 22.4 Å². The van der Waals surface area contributed by atoms with Crippen molar-refractivity contribution in [1.82, 2.24) is 20.3 Å². The molecule has 1 atom stereocenters. The average Bonchev–Trinajstić information content (AvgIpc) is 2.80. The minimum Gasteiger partial charge on any atom is -0.396 e. The SMILES string of the molecule is NCCC(O)N(c1cccc(Cl)c1)c1nccc(-c2ccnc(C(=O)NCCCO)c2)n1. The molecule has 9 nitrogen and oxygen atoms in total. The van der Waals surface area contributed by atoms with E-state index in [1.165, 1.54) is 6.20 Å². The molecule has 5 N–H and O–H groups in total. The van der Waals surface area contributed by atoms with Crippen LogP contribution in [0.5, 0.6) is 0 Å². The van der Waals surface area contributed by atoms with E-state index >= 15 is 0 Å². The van der Waals surface area contributed by atoms with Gasteiger partial charge in [-0.2, -0.15) is 0 Å². The lowest BCUT2D eigenvalue weighted by Gasteiger charge is -2.28. The normalized spacial score (nSPS) is 11.8. The summed E-state index contributed by atoms with van der Waals surface area (Å²) >= 11 is 6.15. The van der Waals surface area contributed by atoms with Crippen LogP contribution in [-0.4, -0.2) is 57.0 Å². The zero-order valence-electron chi connectivity index (χ0n) is 17.4. The Hall–Kier alpha value is -3.11. The summed E-state index contributed by atoms with van der Waals surface area (Å²) in [7, 11) is 0. The molecule has 2 heterocycles. The Morgan fingerprint density at radius 3 is 2.75 bits per heavy atom. The third-order valence-corrected chi connectivity index (χ3v) is 4.81. The molecule has 0 fully saturated rings. The van der Waals surface area contributed by atoms with E-state index in [0.29, 0.717) is 41.4 Å². The van der Waals surface area contributed by atoms with E-state index in [2.05, 4.69) is 20.3 Å². The maximum absolute atomic E-state index is 12.3. The van der Waals surface area contributed by atoms with Gasteiger partial charge in [-0.3, -0.25) is 14.7 Å². The van der Waals surface area contributed by atoms with Gasteiger partial charge in [-0.1, -0.05) is 17.7 Å². The molecular weight excluding hydrogens is 432 g/mol. The van der Waals surface area contributed by atoms with E-state index < -0.39 is 6.23 Å². The molecule has 1 aromatic carbocycles. The van der Waals surface area contributed by atoms with Gasteiger partial charge in [-0.15, -0.1) is 0 Å². The van der Waals surface area contributed by atoms with E-state index in [1.54, 1.807) is 53.6 Å². The number of hydrogen-bond donors (Lipinski definition) is 4. The predicted octanol–water partition coefficient (Wildman–Crippen LogP) is 2.11. The highest BCUT2D eigenvalue weighted by molar-refractivity contribution is 6.30. The lowest BCUT2D eigenvalue weighted by atomic mass is 10.1. The number of carbonyl (C=O) groups is 1. The van der Waals surface area contributed by atoms with Gasteiger partial charge in [-0.25, -0.2) is 9.97 Å². The molecule has 0 radical (unpaired) electrons. The van der Waals surface area contributed by atoms with Crippen LogP contribution in [0.2, 0.25) is 5.02 Å². The van der Waals surface area contributed by atoms with Crippen LogP contribution >= 0.6 is 11.6 Å². The van der Waals surface area contributed by atoms with Gasteiger partial charge in [0.2, 0.25) is 5.95 Å². The second kappa shape index (κ2) is 11.5. The number of anilines is 2. The van der Waals surface area contributed by atoms with E-state index in [1.807, 2.05) is 0 Å². The number of halogens is 1. The summed E-state index contributed by atoms with van der Waals surface area (Å²) in [6.07, 6.45) is 2.90. The van der Waals surface area contributed by atoms with Crippen molar-refractivity contribution in [3.8, 4) is 11.3 Å². The molecule has 0 saturated carbocycles. The number of pyridine rings is 1. The van der Waals surface area contributed by atoms with Crippen LogP contribution < -0.4 is 16.0 Å². The van der Waals surface area contributed by atoms with Crippen molar-refractivity contribution in [1.29, 1.82) is 0 Å². The van der Waals surface area contributed by atoms with Crippen molar-refractivity contribution in [2.75, 3.05) is 24.6 Å². The molecule has 0 aliphatic heterocycles. The molecule has 0 spiro atoms. The van der Waals surface area contributed by atoms with Gasteiger partial charge >= 0.3 is 0 Å². The molecule has 0 aliphatic rings. The maximum atomic E-state index is 12.3. The van der Waals surface area contributed by atoms with E-state index in [9.17, 15) is 9.90 Å². The van der Waals surface area contributed by atoms with Gasteiger partial charge in [0.05, 0.1) is 5.69 Å². The van der Waals surface area contributed by atoms with Crippen molar-refractivity contribution in [3.63, 3.8) is 0 Å². The summed E-state index contributed by atoms with van der Waals surface area (Å²) in [5.74, 6) is -0.0787. The number of nitrogens with two attached hydrogens (primary N) is 1. The number of aliphatic hydroxyl groups is 2. The van der Waals surface area contributed by atoms with E-state index in [-0.39, 0.29) is 30.7 Å².